The second kappa shape index (κ2) is 10.3. The lowest BCUT2D eigenvalue weighted by atomic mass is 9.86. The lowest BCUT2D eigenvalue weighted by Crippen LogP contribution is -2.44. The van der Waals surface area contributed by atoms with Crippen molar-refractivity contribution >= 4 is 23.7 Å². The van der Waals surface area contributed by atoms with Gasteiger partial charge in [-0.15, -0.1) is 0 Å². The molecule has 1 fully saturated rings. The van der Waals surface area contributed by atoms with Gasteiger partial charge in [0.2, 0.25) is 0 Å². The van der Waals surface area contributed by atoms with Crippen LogP contribution in [0.3, 0.4) is 0 Å². The highest BCUT2D eigenvalue weighted by Crippen LogP contribution is 2.36. The molecule has 1 aromatic rings. The second-order valence-corrected chi connectivity index (χ2v) is 8.80. The topological polar surface area (TPSA) is 65.1 Å². The number of hydrogen-bond acceptors (Lipinski definition) is 5. The molecular formula is C22H32ClNO5. The van der Waals surface area contributed by atoms with E-state index < -0.39 is 11.6 Å². The second-order valence-electron chi connectivity index (χ2n) is 8.37. The van der Waals surface area contributed by atoms with Gasteiger partial charge < -0.3 is 19.1 Å². The number of benzene rings is 1. The van der Waals surface area contributed by atoms with E-state index in [4.69, 9.17) is 25.8 Å². The number of likely N-dealkylation sites (tertiary alicyclic amines) is 1. The van der Waals surface area contributed by atoms with Crippen molar-refractivity contribution in [3.8, 4) is 0 Å². The molecule has 0 spiro atoms. The van der Waals surface area contributed by atoms with Crippen LogP contribution in [0, 0.1) is 12.8 Å². The Bertz CT molecular complexity index is 716. The average molecular weight is 426 g/mol. The van der Waals surface area contributed by atoms with Gasteiger partial charge in [0, 0.05) is 24.0 Å². The number of rotatable bonds is 6. The molecule has 2 rings (SSSR count). The van der Waals surface area contributed by atoms with Crippen LogP contribution in [-0.4, -0.2) is 48.9 Å². The van der Waals surface area contributed by atoms with Crippen LogP contribution in [0.15, 0.2) is 18.2 Å². The molecule has 0 bridgehead atoms. The van der Waals surface area contributed by atoms with Crippen molar-refractivity contribution < 1.29 is 23.8 Å². The van der Waals surface area contributed by atoms with Crippen LogP contribution in [0.25, 0.3) is 0 Å². The van der Waals surface area contributed by atoms with Crippen molar-refractivity contribution in [2.75, 3.05) is 26.3 Å². The zero-order chi connectivity index (χ0) is 21.6. The molecule has 0 radical (unpaired) electrons. The minimum Gasteiger partial charge on any atom is -0.464 e. The monoisotopic (exact) mass is 425 g/mol. The van der Waals surface area contributed by atoms with Crippen molar-refractivity contribution in [3.63, 3.8) is 0 Å². The van der Waals surface area contributed by atoms with Crippen molar-refractivity contribution in [2.45, 2.75) is 59.2 Å². The highest BCUT2D eigenvalue weighted by atomic mass is 35.5. The van der Waals surface area contributed by atoms with Gasteiger partial charge >= 0.3 is 12.1 Å². The SMILES string of the molecule is CCOC(=O)CO[C@@H](c1cc(Cl)ccc1C)C1CCCN(C(=O)OC(C)(C)C)C1. The minimum atomic E-state index is -0.548. The molecule has 1 aromatic carbocycles. The molecule has 1 heterocycles. The third kappa shape index (κ3) is 7.19. The Balaban J connectivity index is 2.21. The fraction of sp³-hybridized carbons (Fsp3) is 0.636. The molecule has 1 amide bonds. The van der Waals surface area contributed by atoms with E-state index in [1.165, 1.54) is 0 Å². The van der Waals surface area contributed by atoms with Gasteiger partial charge in [0.15, 0.2) is 0 Å². The number of ether oxygens (including phenoxy) is 3. The van der Waals surface area contributed by atoms with Crippen LogP contribution in [0.2, 0.25) is 5.02 Å². The maximum atomic E-state index is 12.6. The zero-order valence-corrected chi connectivity index (χ0v) is 18.8. The summed E-state index contributed by atoms with van der Waals surface area (Å²) < 4.78 is 16.6. The molecule has 0 N–H and O–H groups in total. The number of halogens is 1. The van der Waals surface area contributed by atoms with E-state index >= 15 is 0 Å². The summed E-state index contributed by atoms with van der Waals surface area (Å²) in [6.07, 6.45) is 1.01. The predicted octanol–water partition coefficient (Wildman–Crippen LogP) is 4.92. The summed E-state index contributed by atoms with van der Waals surface area (Å²) in [6.45, 7) is 10.6. The summed E-state index contributed by atoms with van der Waals surface area (Å²) in [5.74, 6) is -0.389. The van der Waals surface area contributed by atoms with E-state index in [1.54, 1.807) is 11.8 Å². The van der Waals surface area contributed by atoms with E-state index in [2.05, 4.69) is 0 Å². The average Bonchev–Trinajstić information content (AvgIpc) is 2.64. The van der Waals surface area contributed by atoms with E-state index in [0.29, 0.717) is 24.7 Å². The summed E-state index contributed by atoms with van der Waals surface area (Å²) in [5.41, 5.74) is 1.41. The zero-order valence-electron chi connectivity index (χ0n) is 18.0. The van der Waals surface area contributed by atoms with E-state index in [1.807, 2.05) is 45.9 Å². The number of aryl methyl sites for hydroxylation is 1. The Morgan fingerprint density at radius 2 is 2.03 bits per heavy atom. The van der Waals surface area contributed by atoms with Crippen LogP contribution >= 0.6 is 11.6 Å². The molecule has 1 aliphatic rings. The smallest absolute Gasteiger partial charge is 0.410 e. The van der Waals surface area contributed by atoms with Crippen molar-refractivity contribution in [2.24, 2.45) is 5.92 Å². The summed E-state index contributed by atoms with van der Waals surface area (Å²) in [7, 11) is 0. The van der Waals surface area contributed by atoms with E-state index in [0.717, 1.165) is 24.0 Å². The standard InChI is InChI=1S/C22H32ClNO5/c1-6-27-19(25)14-28-20(18-12-17(23)10-9-15(18)2)16-8-7-11-24(13-16)21(26)29-22(3,4)5/h9-10,12,16,20H,6-8,11,13-14H2,1-5H3/t16?,20-/m1/s1. The summed E-state index contributed by atoms with van der Waals surface area (Å²) in [5, 5.41) is 0.607. The molecule has 7 heteroatoms. The molecule has 0 saturated carbocycles. The molecule has 1 saturated heterocycles. The number of esters is 1. The molecule has 0 aromatic heterocycles. The Labute approximate surface area is 178 Å². The van der Waals surface area contributed by atoms with Gasteiger partial charge in [-0.3, -0.25) is 0 Å². The lowest BCUT2D eigenvalue weighted by Gasteiger charge is -2.38. The normalized spacial score (nSPS) is 18.3. The fourth-order valence-electron chi connectivity index (χ4n) is 3.51. The molecule has 6 nitrogen and oxygen atoms in total. The summed E-state index contributed by atoms with van der Waals surface area (Å²) in [6, 6.07) is 5.64. The van der Waals surface area contributed by atoms with Gasteiger partial charge in [-0.05, 0) is 70.7 Å². The fourth-order valence-corrected chi connectivity index (χ4v) is 3.69. The molecule has 2 atom stereocenters. The maximum Gasteiger partial charge on any atom is 0.410 e. The molecular weight excluding hydrogens is 394 g/mol. The number of nitrogens with zero attached hydrogens (tertiary/aromatic N) is 1. The minimum absolute atomic E-state index is 0.0165. The van der Waals surface area contributed by atoms with Crippen LogP contribution in [0.5, 0.6) is 0 Å². The van der Waals surface area contributed by atoms with Crippen LogP contribution in [0.4, 0.5) is 4.79 Å². The Hall–Kier alpha value is -1.79. The van der Waals surface area contributed by atoms with Gasteiger partial charge in [-0.25, -0.2) is 9.59 Å². The third-order valence-electron chi connectivity index (χ3n) is 4.77. The largest absolute Gasteiger partial charge is 0.464 e. The highest BCUT2D eigenvalue weighted by molar-refractivity contribution is 6.30. The van der Waals surface area contributed by atoms with Crippen molar-refractivity contribution in [1.82, 2.24) is 4.90 Å². The molecule has 1 unspecified atom stereocenters. The first kappa shape index (κ1) is 23.5. The van der Waals surface area contributed by atoms with E-state index in [9.17, 15) is 9.59 Å². The number of hydrogen-bond donors (Lipinski definition) is 0. The molecule has 29 heavy (non-hydrogen) atoms. The van der Waals surface area contributed by atoms with Crippen molar-refractivity contribution in [3.05, 3.63) is 34.3 Å². The first-order valence-electron chi connectivity index (χ1n) is 10.1. The van der Waals surface area contributed by atoms with Gasteiger partial charge in [0.25, 0.3) is 0 Å². The van der Waals surface area contributed by atoms with Crippen LogP contribution in [0.1, 0.15) is 57.8 Å². The third-order valence-corrected chi connectivity index (χ3v) is 5.01. The van der Waals surface area contributed by atoms with Gasteiger partial charge in [-0.1, -0.05) is 17.7 Å². The summed E-state index contributed by atoms with van der Waals surface area (Å²) >= 11 is 6.23. The lowest BCUT2D eigenvalue weighted by molar-refractivity contribution is -0.152. The summed E-state index contributed by atoms with van der Waals surface area (Å²) in [4.78, 5) is 26.2. The Morgan fingerprint density at radius 3 is 2.69 bits per heavy atom. The first-order chi connectivity index (χ1) is 13.6. The van der Waals surface area contributed by atoms with Crippen LogP contribution < -0.4 is 0 Å². The van der Waals surface area contributed by atoms with Gasteiger partial charge in [0.05, 0.1) is 12.7 Å². The molecule has 162 valence electrons. The Kier molecular flexibility index (Phi) is 8.34. The number of amides is 1. The first-order valence-corrected chi connectivity index (χ1v) is 10.5. The number of piperidine rings is 1. The van der Waals surface area contributed by atoms with Crippen LogP contribution in [-0.2, 0) is 19.0 Å². The van der Waals surface area contributed by atoms with Gasteiger partial charge in [0.1, 0.15) is 12.2 Å². The Morgan fingerprint density at radius 1 is 1.31 bits per heavy atom. The number of carbonyl (C=O) groups excluding carboxylic acids is 2. The maximum absolute atomic E-state index is 12.6. The predicted molar refractivity (Wildman–Crippen MR) is 112 cm³/mol. The molecule has 0 aliphatic carbocycles. The van der Waals surface area contributed by atoms with Crippen molar-refractivity contribution in [1.29, 1.82) is 0 Å². The molecule has 1 aliphatic heterocycles. The van der Waals surface area contributed by atoms with E-state index in [-0.39, 0.29) is 24.7 Å². The van der Waals surface area contributed by atoms with Gasteiger partial charge in [-0.2, -0.15) is 0 Å². The quantitative estimate of drug-likeness (QED) is 0.605. The number of carbonyl (C=O) groups is 2. The highest BCUT2D eigenvalue weighted by Gasteiger charge is 2.34.